The van der Waals surface area contributed by atoms with Gasteiger partial charge in [0.05, 0.1) is 6.61 Å². The molecule has 1 N–H and O–H groups in total. The van der Waals surface area contributed by atoms with E-state index in [2.05, 4.69) is 29.2 Å². The molecule has 0 aromatic rings. The molecule has 16 heavy (non-hydrogen) atoms. The smallest absolute Gasteiger partial charge is 0.0637 e. The molecule has 2 aliphatic rings. The van der Waals surface area contributed by atoms with Gasteiger partial charge in [0.15, 0.2) is 0 Å². The Morgan fingerprint density at radius 3 is 2.88 bits per heavy atom. The molecule has 0 bridgehead atoms. The molecule has 2 saturated heterocycles. The SMILES string of the molecule is CNC1CCOCC1N1CCCN(C)CC1. The van der Waals surface area contributed by atoms with Crippen LogP contribution in [0.3, 0.4) is 0 Å². The van der Waals surface area contributed by atoms with Crippen LogP contribution in [0.5, 0.6) is 0 Å². The van der Waals surface area contributed by atoms with Crippen LogP contribution < -0.4 is 5.32 Å². The van der Waals surface area contributed by atoms with Crippen LogP contribution in [0.2, 0.25) is 0 Å². The van der Waals surface area contributed by atoms with Gasteiger partial charge in [0.1, 0.15) is 0 Å². The fourth-order valence-corrected chi connectivity index (χ4v) is 2.82. The Bertz CT molecular complexity index is 212. The van der Waals surface area contributed by atoms with Crippen molar-refractivity contribution in [1.29, 1.82) is 0 Å². The predicted octanol–water partition coefficient (Wildman–Crippen LogP) is 0.000800. The fourth-order valence-electron chi connectivity index (χ4n) is 2.82. The Hall–Kier alpha value is -0.160. The summed E-state index contributed by atoms with van der Waals surface area (Å²) in [5.41, 5.74) is 0. The molecule has 2 aliphatic heterocycles. The summed E-state index contributed by atoms with van der Waals surface area (Å²) in [5, 5.41) is 3.45. The monoisotopic (exact) mass is 227 g/mol. The second-order valence-electron chi connectivity index (χ2n) is 5.02. The summed E-state index contributed by atoms with van der Waals surface area (Å²) in [6.45, 7) is 6.63. The summed E-state index contributed by atoms with van der Waals surface area (Å²) < 4.78 is 5.64. The van der Waals surface area contributed by atoms with Gasteiger partial charge in [-0.1, -0.05) is 0 Å². The van der Waals surface area contributed by atoms with E-state index in [0.29, 0.717) is 12.1 Å². The molecule has 0 amide bonds. The summed E-state index contributed by atoms with van der Waals surface area (Å²) >= 11 is 0. The van der Waals surface area contributed by atoms with E-state index in [1.165, 1.54) is 32.6 Å². The van der Waals surface area contributed by atoms with Gasteiger partial charge >= 0.3 is 0 Å². The average Bonchev–Trinajstić information content (AvgIpc) is 2.54. The van der Waals surface area contributed by atoms with E-state index in [9.17, 15) is 0 Å². The van der Waals surface area contributed by atoms with Crippen LogP contribution in [0.15, 0.2) is 0 Å². The molecule has 2 fully saturated rings. The first-order valence-corrected chi connectivity index (χ1v) is 6.49. The van der Waals surface area contributed by atoms with Gasteiger partial charge in [-0.2, -0.15) is 0 Å². The van der Waals surface area contributed by atoms with E-state index in [4.69, 9.17) is 4.74 Å². The van der Waals surface area contributed by atoms with Crippen LogP contribution in [0.4, 0.5) is 0 Å². The second kappa shape index (κ2) is 5.96. The second-order valence-corrected chi connectivity index (χ2v) is 5.02. The molecule has 94 valence electrons. The number of nitrogens with one attached hydrogen (secondary N) is 1. The van der Waals surface area contributed by atoms with Crippen LogP contribution in [-0.2, 0) is 4.74 Å². The third kappa shape index (κ3) is 2.94. The molecular weight excluding hydrogens is 202 g/mol. The van der Waals surface area contributed by atoms with E-state index >= 15 is 0 Å². The van der Waals surface area contributed by atoms with E-state index in [1.807, 2.05) is 0 Å². The van der Waals surface area contributed by atoms with Crippen LogP contribution >= 0.6 is 0 Å². The van der Waals surface area contributed by atoms with Gasteiger partial charge in [-0.05, 0) is 40.0 Å². The fraction of sp³-hybridized carbons (Fsp3) is 1.00. The van der Waals surface area contributed by atoms with Crippen molar-refractivity contribution in [3.05, 3.63) is 0 Å². The Kier molecular flexibility index (Phi) is 4.58. The minimum Gasteiger partial charge on any atom is -0.380 e. The molecule has 2 heterocycles. The van der Waals surface area contributed by atoms with Crippen molar-refractivity contribution in [2.45, 2.75) is 24.9 Å². The lowest BCUT2D eigenvalue weighted by Crippen LogP contribution is -2.55. The topological polar surface area (TPSA) is 27.7 Å². The lowest BCUT2D eigenvalue weighted by atomic mass is 10.0. The highest BCUT2D eigenvalue weighted by Crippen LogP contribution is 2.16. The van der Waals surface area contributed by atoms with Crippen LogP contribution in [-0.4, -0.2) is 75.4 Å². The van der Waals surface area contributed by atoms with Gasteiger partial charge in [0.25, 0.3) is 0 Å². The number of rotatable bonds is 2. The van der Waals surface area contributed by atoms with E-state index in [0.717, 1.165) is 19.6 Å². The highest BCUT2D eigenvalue weighted by molar-refractivity contribution is 4.87. The Morgan fingerprint density at radius 1 is 1.19 bits per heavy atom. The normalized spacial score (nSPS) is 34.9. The van der Waals surface area contributed by atoms with Crippen molar-refractivity contribution in [3.63, 3.8) is 0 Å². The van der Waals surface area contributed by atoms with Crippen molar-refractivity contribution >= 4 is 0 Å². The average molecular weight is 227 g/mol. The predicted molar refractivity (Wildman–Crippen MR) is 65.8 cm³/mol. The number of nitrogens with zero attached hydrogens (tertiary/aromatic N) is 2. The molecular formula is C12H25N3O. The maximum atomic E-state index is 5.64. The lowest BCUT2D eigenvalue weighted by Gasteiger charge is -2.39. The maximum absolute atomic E-state index is 5.64. The molecule has 0 aromatic carbocycles. The Balaban J connectivity index is 1.93. The summed E-state index contributed by atoms with van der Waals surface area (Å²) in [4.78, 5) is 5.04. The van der Waals surface area contributed by atoms with Crippen LogP contribution in [0.25, 0.3) is 0 Å². The largest absolute Gasteiger partial charge is 0.380 e. The number of hydrogen-bond donors (Lipinski definition) is 1. The van der Waals surface area contributed by atoms with E-state index in [1.54, 1.807) is 0 Å². The summed E-state index contributed by atoms with van der Waals surface area (Å²) in [7, 11) is 4.29. The zero-order chi connectivity index (χ0) is 11.4. The standard InChI is InChI=1S/C12H25N3O/c1-13-11-4-9-16-10-12(11)15-6-3-5-14(2)7-8-15/h11-13H,3-10H2,1-2H3. The van der Waals surface area contributed by atoms with E-state index in [-0.39, 0.29) is 0 Å². The molecule has 0 radical (unpaired) electrons. The van der Waals surface area contributed by atoms with Gasteiger partial charge in [0, 0.05) is 31.8 Å². The summed E-state index contributed by atoms with van der Waals surface area (Å²) in [6, 6.07) is 1.18. The van der Waals surface area contributed by atoms with Crippen molar-refractivity contribution in [2.75, 3.05) is 53.5 Å². The van der Waals surface area contributed by atoms with Gasteiger partial charge < -0.3 is 15.0 Å². The van der Waals surface area contributed by atoms with Gasteiger partial charge in [-0.3, -0.25) is 4.90 Å². The zero-order valence-electron chi connectivity index (χ0n) is 10.6. The highest BCUT2D eigenvalue weighted by atomic mass is 16.5. The van der Waals surface area contributed by atoms with Crippen molar-refractivity contribution in [1.82, 2.24) is 15.1 Å². The van der Waals surface area contributed by atoms with Crippen LogP contribution in [0.1, 0.15) is 12.8 Å². The van der Waals surface area contributed by atoms with Crippen molar-refractivity contribution < 1.29 is 4.74 Å². The van der Waals surface area contributed by atoms with E-state index < -0.39 is 0 Å². The molecule has 0 aromatic heterocycles. The molecule has 0 spiro atoms. The van der Waals surface area contributed by atoms with Crippen molar-refractivity contribution in [2.24, 2.45) is 0 Å². The first kappa shape index (κ1) is 12.3. The Morgan fingerprint density at radius 2 is 2.06 bits per heavy atom. The minimum absolute atomic E-state index is 0.574. The molecule has 0 aliphatic carbocycles. The first-order chi connectivity index (χ1) is 7.81. The number of likely N-dealkylation sites (N-methyl/N-ethyl adjacent to an activating group) is 2. The summed E-state index contributed by atoms with van der Waals surface area (Å²) in [6.07, 6.45) is 2.43. The molecule has 0 saturated carbocycles. The maximum Gasteiger partial charge on any atom is 0.0637 e. The van der Waals surface area contributed by atoms with Gasteiger partial charge in [-0.15, -0.1) is 0 Å². The van der Waals surface area contributed by atoms with Gasteiger partial charge in [-0.25, -0.2) is 0 Å². The molecule has 2 rings (SSSR count). The van der Waals surface area contributed by atoms with Crippen LogP contribution in [0, 0.1) is 0 Å². The third-order valence-corrected chi connectivity index (χ3v) is 3.92. The first-order valence-electron chi connectivity index (χ1n) is 6.49. The number of ether oxygens (including phenoxy) is 1. The molecule has 2 unspecified atom stereocenters. The Labute approximate surface area is 98.9 Å². The summed E-state index contributed by atoms with van der Waals surface area (Å²) in [5.74, 6) is 0. The van der Waals surface area contributed by atoms with Gasteiger partial charge in [0.2, 0.25) is 0 Å². The molecule has 4 heteroatoms. The number of hydrogen-bond acceptors (Lipinski definition) is 4. The third-order valence-electron chi connectivity index (χ3n) is 3.92. The quantitative estimate of drug-likeness (QED) is 0.719. The zero-order valence-corrected chi connectivity index (χ0v) is 10.6. The lowest BCUT2D eigenvalue weighted by molar-refractivity contribution is 0.0000993. The highest BCUT2D eigenvalue weighted by Gasteiger charge is 2.30. The molecule has 2 atom stereocenters. The molecule has 4 nitrogen and oxygen atoms in total. The minimum atomic E-state index is 0.574. The van der Waals surface area contributed by atoms with Crippen molar-refractivity contribution in [3.8, 4) is 0 Å².